The lowest BCUT2D eigenvalue weighted by atomic mass is 9.97. The Balaban J connectivity index is 0.00000272. The van der Waals surface area contributed by atoms with Crippen LogP contribution in [0.25, 0.3) is 11.1 Å². The molecule has 3 aromatic rings. The predicted octanol–water partition coefficient (Wildman–Crippen LogP) is 3.41. The van der Waals surface area contributed by atoms with Crippen LogP contribution < -0.4 is 5.32 Å². The summed E-state index contributed by atoms with van der Waals surface area (Å²) < 4.78 is 0. The minimum Gasteiger partial charge on any atom is -0.310 e. The van der Waals surface area contributed by atoms with E-state index in [0.717, 1.165) is 27.3 Å². The van der Waals surface area contributed by atoms with Crippen molar-refractivity contribution in [3.63, 3.8) is 0 Å². The molecule has 7 nitrogen and oxygen atoms in total. The number of fused-ring (bicyclic) bond motifs is 1. The van der Waals surface area contributed by atoms with E-state index >= 15 is 0 Å². The van der Waals surface area contributed by atoms with Crippen LogP contribution in [0.15, 0.2) is 48.8 Å². The number of nitrogens with one attached hydrogen (secondary N) is 1. The average Bonchev–Trinajstić information content (AvgIpc) is 2.92. The standard InChI is InChI=1S/C23H20N4O3.H2/c1-13-9-16(21-18(10-13)22(29)27(3)23(21)30)11-20(28)26-19-7-6-17(14(2)25-19)15-5-4-8-24-12-15;/h4-10,12H,11H2,1-3H3,(H,25,26,28);1H. The number of nitrogens with zero attached hydrogens (tertiary/aromatic N) is 3. The summed E-state index contributed by atoms with van der Waals surface area (Å²) in [6.45, 7) is 3.70. The number of carbonyl (C=O) groups excluding carboxylic acids is 3. The maximum Gasteiger partial charge on any atom is 0.261 e. The normalized spacial score (nSPS) is 12.8. The lowest BCUT2D eigenvalue weighted by Crippen LogP contribution is -2.25. The van der Waals surface area contributed by atoms with E-state index in [2.05, 4.69) is 15.3 Å². The first-order chi connectivity index (χ1) is 14.3. The van der Waals surface area contributed by atoms with E-state index in [1.54, 1.807) is 30.6 Å². The van der Waals surface area contributed by atoms with Crippen LogP contribution in [-0.4, -0.2) is 39.6 Å². The van der Waals surface area contributed by atoms with Gasteiger partial charge in [-0.05, 0) is 49.2 Å². The Morgan fingerprint density at radius 3 is 2.60 bits per heavy atom. The second-order valence-corrected chi connectivity index (χ2v) is 7.31. The molecule has 0 fully saturated rings. The van der Waals surface area contributed by atoms with Gasteiger partial charge in [0.2, 0.25) is 5.91 Å². The lowest BCUT2D eigenvalue weighted by molar-refractivity contribution is -0.115. The maximum atomic E-state index is 12.7. The van der Waals surface area contributed by atoms with Gasteiger partial charge in [-0.1, -0.05) is 12.1 Å². The summed E-state index contributed by atoms with van der Waals surface area (Å²) in [4.78, 5) is 47.0. The zero-order valence-corrected chi connectivity index (χ0v) is 16.9. The molecule has 1 aliphatic heterocycles. The molecule has 4 rings (SSSR count). The number of hydrogen-bond donors (Lipinski definition) is 1. The van der Waals surface area contributed by atoms with Crippen LogP contribution >= 0.6 is 0 Å². The Morgan fingerprint density at radius 2 is 1.90 bits per heavy atom. The van der Waals surface area contributed by atoms with E-state index < -0.39 is 0 Å². The number of hydrogen-bond acceptors (Lipinski definition) is 5. The van der Waals surface area contributed by atoms with E-state index in [9.17, 15) is 14.4 Å². The highest BCUT2D eigenvalue weighted by Gasteiger charge is 2.35. The van der Waals surface area contributed by atoms with Gasteiger partial charge < -0.3 is 5.32 Å². The van der Waals surface area contributed by atoms with Gasteiger partial charge in [-0.2, -0.15) is 0 Å². The molecule has 0 spiro atoms. The van der Waals surface area contributed by atoms with Crippen molar-refractivity contribution in [2.75, 3.05) is 12.4 Å². The summed E-state index contributed by atoms with van der Waals surface area (Å²) in [5.41, 5.74) is 4.66. The summed E-state index contributed by atoms with van der Waals surface area (Å²) in [5, 5.41) is 2.78. The highest BCUT2D eigenvalue weighted by molar-refractivity contribution is 6.22. The van der Waals surface area contributed by atoms with Crippen molar-refractivity contribution in [3.8, 4) is 11.1 Å². The van der Waals surface area contributed by atoms with Crippen LogP contribution in [0.4, 0.5) is 5.82 Å². The second-order valence-electron chi connectivity index (χ2n) is 7.31. The Kier molecular flexibility index (Phi) is 4.87. The number of benzene rings is 1. The summed E-state index contributed by atoms with van der Waals surface area (Å²) in [6, 6.07) is 10.9. The molecule has 152 valence electrons. The van der Waals surface area contributed by atoms with Gasteiger partial charge in [0, 0.05) is 37.7 Å². The number of imide groups is 1. The molecule has 0 unspecified atom stereocenters. The number of anilines is 1. The minimum atomic E-state index is -0.382. The monoisotopic (exact) mass is 402 g/mol. The summed E-state index contributed by atoms with van der Waals surface area (Å²) in [6.07, 6.45) is 3.44. The van der Waals surface area contributed by atoms with Crippen LogP contribution in [0.2, 0.25) is 0 Å². The molecule has 0 aliphatic carbocycles. The van der Waals surface area contributed by atoms with Gasteiger partial charge >= 0.3 is 0 Å². The van der Waals surface area contributed by atoms with Crippen LogP contribution in [0, 0.1) is 13.8 Å². The van der Waals surface area contributed by atoms with Gasteiger partial charge in [-0.15, -0.1) is 0 Å². The molecule has 0 saturated carbocycles. The Hall–Kier alpha value is -3.87. The summed E-state index contributed by atoms with van der Waals surface area (Å²) in [5.74, 6) is -0.608. The Bertz CT molecular complexity index is 1190. The highest BCUT2D eigenvalue weighted by Crippen LogP contribution is 2.27. The maximum absolute atomic E-state index is 12.7. The Morgan fingerprint density at radius 1 is 1.10 bits per heavy atom. The van der Waals surface area contributed by atoms with Gasteiger partial charge in [0.05, 0.1) is 17.5 Å². The first-order valence-corrected chi connectivity index (χ1v) is 9.49. The molecule has 2 aromatic heterocycles. The van der Waals surface area contributed by atoms with E-state index in [0.29, 0.717) is 22.5 Å². The fraction of sp³-hybridized carbons (Fsp3) is 0.174. The molecule has 7 heteroatoms. The molecule has 3 heterocycles. The third kappa shape index (κ3) is 3.45. The minimum absolute atomic E-state index is 0. The van der Waals surface area contributed by atoms with Gasteiger partial charge in [0.1, 0.15) is 5.82 Å². The number of rotatable bonds is 4. The number of aryl methyl sites for hydroxylation is 2. The van der Waals surface area contributed by atoms with Gasteiger partial charge in [0.15, 0.2) is 0 Å². The fourth-order valence-corrected chi connectivity index (χ4v) is 3.68. The van der Waals surface area contributed by atoms with Gasteiger partial charge in [-0.25, -0.2) is 4.98 Å². The molecule has 0 saturated heterocycles. The lowest BCUT2D eigenvalue weighted by Gasteiger charge is -2.11. The van der Waals surface area contributed by atoms with Crippen LogP contribution in [0.3, 0.4) is 0 Å². The highest BCUT2D eigenvalue weighted by atomic mass is 16.2. The van der Waals surface area contributed by atoms with Gasteiger partial charge in [0.25, 0.3) is 11.8 Å². The number of aromatic nitrogens is 2. The van der Waals surface area contributed by atoms with Crippen LogP contribution in [0.5, 0.6) is 0 Å². The number of carbonyl (C=O) groups is 3. The molecule has 30 heavy (non-hydrogen) atoms. The van der Waals surface area contributed by atoms with Crippen molar-refractivity contribution in [1.82, 2.24) is 14.9 Å². The SMILES string of the molecule is Cc1cc(CC(=O)Nc2ccc(-c3cccnc3)c(C)n2)c2c(c1)C(=O)N(C)C2=O.[HH]. The predicted molar refractivity (Wildman–Crippen MR) is 114 cm³/mol. The number of amides is 3. The first-order valence-electron chi connectivity index (χ1n) is 9.49. The van der Waals surface area contributed by atoms with E-state index in [4.69, 9.17) is 0 Å². The molecule has 0 atom stereocenters. The van der Waals surface area contributed by atoms with Crippen LogP contribution in [-0.2, 0) is 11.2 Å². The van der Waals surface area contributed by atoms with E-state index in [1.165, 1.54) is 7.05 Å². The third-order valence-corrected chi connectivity index (χ3v) is 5.09. The summed E-state index contributed by atoms with van der Waals surface area (Å²) >= 11 is 0. The molecule has 3 amide bonds. The zero-order valence-electron chi connectivity index (χ0n) is 16.9. The fourth-order valence-electron chi connectivity index (χ4n) is 3.68. The van der Waals surface area contributed by atoms with E-state index in [1.807, 2.05) is 32.0 Å². The molecular weight excluding hydrogens is 380 g/mol. The second kappa shape index (κ2) is 7.51. The third-order valence-electron chi connectivity index (χ3n) is 5.09. The van der Waals surface area contributed by atoms with Crippen molar-refractivity contribution in [3.05, 3.63) is 76.7 Å². The zero-order chi connectivity index (χ0) is 21.4. The molecule has 0 bridgehead atoms. The number of pyridine rings is 2. The molecule has 1 N–H and O–H groups in total. The van der Waals surface area contributed by atoms with Crippen molar-refractivity contribution in [1.29, 1.82) is 0 Å². The first kappa shape index (κ1) is 19.4. The van der Waals surface area contributed by atoms with Crippen molar-refractivity contribution < 1.29 is 15.8 Å². The average molecular weight is 402 g/mol. The van der Waals surface area contributed by atoms with Crippen LogP contribution in [0.1, 0.15) is 39.0 Å². The summed E-state index contributed by atoms with van der Waals surface area (Å²) in [7, 11) is 1.44. The largest absolute Gasteiger partial charge is 0.310 e. The van der Waals surface area contributed by atoms with Crippen molar-refractivity contribution >= 4 is 23.5 Å². The Labute approximate surface area is 175 Å². The quantitative estimate of drug-likeness (QED) is 0.675. The van der Waals surface area contributed by atoms with Gasteiger partial charge in [-0.3, -0.25) is 24.3 Å². The molecule has 0 radical (unpaired) electrons. The molecule has 1 aromatic carbocycles. The van der Waals surface area contributed by atoms with Crippen molar-refractivity contribution in [2.45, 2.75) is 20.3 Å². The van der Waals surface area contributed by atoms with Crippen molar-refractivity contribution in [2.24, 2.45) is 0 Å². The van der Waals surface area contributed by atoms with E-state index in [-0.39, 0.29) is 25.6 Å². The molecule has 1 aliphatic rings. The smallest absolute Gasteiger partial charge is 0.261 e. The topological polar surface area (TPSA) is 92.3 Å². The molecular formula is C23H22N4O3.